The van der Waals surface area contributed by atoms with Gasteiger partial charge in [-0.3, -0.25) is 9.52 Å². The van der Waals surface area contributed by atoms with E-state index in [-0.39, 0.29) is 10.8 Å². The number of amides is 1. The van der Waals surface area contributed by atoms with Gasteiger partial charge in [0.05, 0.1) is 17.1 Å². The van der Waals surface area contributed by atoms with E-state index in [1.807, 2.05) is 50.2 Å². The second-order valence-corrected chi connectivity index (χ2v) is 9.00. The highest BCUT2D eigenvalue weighted by Crippen LogP contribution is 2.21. The van der Waals surface area contributed by atoms with Gasteiger partial charge in [0.1, 0.15) is 12.4 Å². The van der Waals surface area contributed by atoms with E-state index in [0.29, 0.717) is 30.0 Å². The summed E-state index contributed by atoms with van der Waals surface area (Å²) in [5.41, 5.74) is 3.45. The molecular weight excluding hydrogens is 412 g/mol. The van der Waals surface area contributed by atoms with E-state index in [1.54, 1.807) is 25.1 Å². The molecule has 0 fully saturated rings. The third-order valence-electron chi connectivity index (χ3n) is 4.83. The molecule has 31 heavy (non-hydrogen) atoms. The number of aryl methyl sites for hydroxylation is 3. The molecule has 0 aliphatic carbocycles. The molecule has 0 heterocycles. The minimum Gasteiger partial charge on any atom is -0.492 e. The lowest BCUT2D eigenvalue weighted by atomic mass is 10.1. The molecule has 6 nitrogen and oxygen atoms in total. The second kappa shape index (κ2) is 9.66. The monoisotopic (exact) mass is 438 g/mol. The van der Waals surface area contributed by atoms with Crippen LogP contribution in [-0.4, -0.2) is 27.5 Å². The summed E-state index contributed by atoms with van der Waals surface area (Å²) in [5.74, 6) is 0.379. The average molecular weight is 439 g/mol. The van der Waals surface area contributed by atoms with E-state index in [2.05, 4.69) is 10.0 Å². The predicted molar refractivity (Wildman–Crippen MR) is 122 cm³/mol. The Labute approximate surface area is 183 Å². The van der Waals surface area contributed by atoms with Crippen molar-refractivity contribution >= 4 is 21.6 Å². The van der Waals surface area contributed by atoms with Gasteiger partial charge in [0.15, 0.2) is 0 Å². The molecule has 0 aliphatic heterocycles. The normalized spacial score (nSPS) is 11.1. The second-order valence-electron chi connectivity index (χ2n) is 7.31. The first-order valence-electron chi connectivity index (χ1n) is 9.93. The van der Waals surface area contributed by atoms with Gasteiger partial charge in [-0.25, -0.2) is 8.42 Å². The van der Waals surface area contributed by atoms with Crippen molar-refractivity contribution in [1.82, 2.24) is 5.32 Å². The number of carbonyl (C=O) groups is 1. The lowest BCUT2D eigenvalue weighted by Crippen LogP contribution is -2.29. The highest BCUT2D eigenvalue weighted by Gasteiger charge is 2.19. The third kappa shape index (κ3) is 5.86. The van der Waals surface area contributed by atoms with Gasteiger partial charge in [0.25, 0.3) is 15.9 Å². The first kappa shape index (κ1) is 22.4. The van der Waals surface area contributed by atoms with Crippen molar-refractivity contribution in [2.75, 3.05) is 17.9 Å². The molecule has 3 aromatic carbocycles. The Hall–Kier alpha value is -3.32. The molecule has 162 valence electrons. The molecule has 1 amide bonds. The number of sulfonamides is 1. The molecule has 7 heteroatoms. The average Bonchev–Trinajstić information content (AvgIpc) is 2.74. The molecule has 0 radical (unpaired) electrons. The fraction of sp³-hybridized carbons (Fsp3) is 0.208. The molecule has 2 N–H and O–H groups in total. The molecule has 0 saturated heterocycles. The molecule has 0 saturated carbocycles. The maximum absolute atomic E-state index is 12.8. The Morgan fingerprint density at radius 3 is 2.32 bits per heavy atom. The fourth-order valence-electron chi connectivity index (χ4n) is 2.97. The van der Waals surface area contributed by atoms with Gasteiger partial charge in [-0.2, -0.15) is 0 Å². The minimum atomic E-state index is -3.83. The summed E-state index contributed by atoms with van der Waals surface area (Å²) < 4.78 is 33.8. The quantitative estimate of drug-likeness (QED) is 0.516. The number of hydrogen-bond donors (Lipinski definition) is 2. The molecule has 0 unspecified atom stereocenters. The summed E-state index contributed by atoms with van der Waals surface area (Å²) in [6.07, 6.45) is 0. The summed E-state index contributed by atoms with van der Waals surface area (Å²) in [6.45, 7) is 6.19. The van der Waals surface area contributed by atoms with Crippen molar-refractivity contribution in [3.63, 3.8) is 0 Å². The van der Waals surface area contributed by atoms with Gasteiger partial charge in [0.2, 0.25) is 0 Å². The van der Waals surface area contributed by atoms with Crippen molar-refractivity contribution in [1.29, 1.82) is 0 Å². The van der Waals surface area contributed by atoms with E-state index in [0.717, 1.165) is 16.9 Å². The first-order chi connectivity index (χ1) is 14.8. The van der Waals surface area contributed by atoms with Crippen molar-refractivity contribution in [2.24, 2.45) is 0 Å². The zero-order valence-corrected chi connectivity index (χ0v) is 18.6. The minimum absolute atomic E-state index is 0.0300. The Balaban J connectivity index is 1.66. The number of anilines is 1. The fourth-order valence-corrected chi connectivity index (χ4v) is 4.12. The predicted octanol–water partition coefficient (Wildman–Crippen LogP) is 4.22. The van der Waals surface area contributed by atoms with Crippen LogP contribution in [0.25, 0.3) is 0 Å². The van der Waals surface area contributed by atoms with Gasteiger partial charge in [-0.1, -0.05) is 42.0 Å². The zero-order chi connectivity index (χ0) is 22.4. The van der Waals surface area contributed by atoms with Crippen LogP contribution >= 0.6 is 0 Å². The topological polar surface area (TPSA) is 84.5 Å². The number of benzene rings is 3. The van der Waals surface area contributed by atoms with Crippen LogP contribution in [0.5, 0.6) is 5.75 Å². The number of nitrogens with one attached hydrogen (secondary N) is 2. The van der Waals surface area contributed by atoms with Gasteiger partial charge in [-0.05, 0) is 62.2 Å². The molecule has 3 rings (SSSR count). The third-order valence-corrected chi connectivity index (χ3v) is 6.19. The number of rotatable bonds is 8. The molecule has 0 spiro atoms. The Bertz CT molecular complexity index is 1170. The number of para-hydroxylation sites is 1. The molecule has 0 aliphatic rings. The summed E-state index contributed by atoms with van der Waals surface area (Å²) in [6, 6.07) is 19.3. The van der Waals surface area contributed by atoms with Crippen LogP contribution in [0, 0.1) is 20.8 Å². The smallest absolute Gasteiger partial charge is 0.261 e. The lowest BCUT2D eigenvalue weighted by molar-refractivity contribution is 0.0946. The van der Waals surface area contributed by atoms with E-state index in [9.17, 15) is 13.2 Å². The summed E-state index contributed by atoms with van der Waals surface area (Å²) >= 11 is 0. The van der Waals surface area contributed by atoms with E-state index >= 15 is 0 Å². The molecule has 0 aromatic heterocycles. The Morgan fingerprint density at radius 2 is 1.61 bits per heavy atom. The molecule has 0 atom stereocenters. The van der Waals surface area contributed by atoms with Crippen molar-refractivity contribution in [3.8, 4) is 5.75 Å². The van der Waals surface area contributed by atoms with Gasteiger partial charge < -0.3 is 10.1 Å². The number of carbonyl (C=O) groups excluding carboxylic acids is 1. The van der Waals surface area contributed by atoms with Gasteiger partial charge in [0, 0.05) is 5.56 Å². The van der Waals surface area contributed by atoms with E-state index < -0.39 is 10.0 Å². The van der Waals surface area contributed by atoms with Crippen LogP contribution < -0.4 is 14.8 Å². The first-order valence-corrected chi connectivity index (χ1v) is 11.4. The number of hydrogen-bond acceptors (Lipinski definition) is 4. The van der Waals surface area contributed by atoms with Crippen molar-refractivity contribution in [2.45, 2.75) is 25.7 Å². The molecular formula is C24H26N2O4S. The van der Waals surface area contributed by atoms with Gasteiger partial charge in [-0.15, -0.1) is 0 Å². The van der Waals surface area contributed by atoms with Crippen LogP contribution in [-0.2, 0) is 10.0 Å². The van der Waals surface area contributed by atoms with E-state index in [1.165, 1.54) is 12.1 Å². The highest BCUT2D eigenvalue weighted by molar-refractivity contribution is 7.92. The summed E-state index contributed by atoms with van der Waals surface area (Å²) in [5, 5.41) is 2.78. The summed E-state index contributed by atoms with van der Waals surface area (Å²) in [7, 11) is -3.83. The van der Waals surface area contributed by atoms with Crippen LogP contribution in [0.15, 0.2) is 71.6 Å². The zero-order valence-electron chi connectivity index (χ0n) is 17.8. The molecule has 0 bridgehead atoms. The van der Waals surface area contributed by atoms with Crippen molar-refractivity contribution in [3.05, 3.63) is 89.0 Å². The highest BCUT2D eigenvalue weighted by atomic mass is 32.2. The Kier molecular flexibility index (Phi) is 6.97. The maximum Gasteiger partial charge on any atom is 0.261 e. The van der Waals surface area contributed by atoms with Crippen LogP contribution in [0.4, 0.5) is 5.69 Å². The lowest BCUT2D eigenvalue weighted by Gasteiger charge is -2.13. The SMILES string of the molecule is Cc1ccc(OCCNC(=O)c2cc(S(=O)(=O)Nc3ccccc3C)ccc2C)cc1. The van der Waals surface area contributed by atoms with Crippen LogP contribution in [0.1, 0.15) is 27.0 Å². The number of ether oxygens (including phenoxy) is 1. The maximum atomic E-state index is 12.8. The largest absolute Gasteiger partial charge is 0.492 e. The van der Waals surface area contributed by atoms with E-state index in [4.69, 9.17) is 4.74 Å². The standard InChI is InChI=1S/C24H26N2O4S/c1-17-8-11-20(12-9-17)30-15-14-25-24(27)22-16-21(13-10-18(22)2)31(28,29)26-23-7-5-4-6-19(23)3/h4-13,16,26H,14-15H2,1-3H3,(H,25,27). The van der Waals surface area contributed by atoms with Gasteiger partial charge >= 0.3 is 0 Å². The van der Waals surface area contributed by atoms with Crippen LogP contribution in [0.3, 0.4) is 0 Å². The summed E-state index contributed by atoms with van der Waals surface area (Å²) in [4.78, 5) is 12.7. The molecule has 3 aromatic rings. The van der Waals surface area contributed by atoms with Crippen molar-refractivity contribution < 1.29 is 17.9 Å². The van der Waals surface area contributed by atoms with Crippen LogP contribution in [0.2, 0.25) is 0 Å². The Morgan fingerprint density at radius 1 is 0.903 bits per heavy atom.